The lowest BCUT2D eigenvalue weighted by Gasteiger charge is -2.06. The van der Waals surface area contributed by atoms with Crippen LogP contribution in [0.4, 0.5) is 10.8 Å². The van der Waals surface area contributed by atoms with Crippen LogP contribution in [0.1, 0.15) is 16.2 Å². The number of hydrogen-bond acceptors (Lipinski definition) is 6. The SMILES string of the molecule is COc1cc(N)cc(C(=O)Nc2nc(C)ns2)c1. The normalized spacial score (nSPS) is 10.1. The number of methoxy groups -OCH3 is 1. The molecule has 18 heavy (non-hydrogen) atoms. The number of benzene rings is 1. The van der Waals surface area contributed by atoms with Crippen molar-refractivity contribution in [2.45, 2.75) is 6.92 Å². The summed E-state index contributed by atoms with van der Waals surface area (Å²) < 4.78 is 9.04. The van der Waals surface area contributed by atoms with Crippen molar-refractivity contribution in [3.05, 3.63) is 29.6 Å². The Bertz CT molecular complexity index is 582. The van der Waals surface area contributed by atoms with Gasteiger partial charge in [-0.2, -0.15) is 4.37 Å². The second-order valence-corrected chi connectivity index (χ2v) is 4.35. The zero-order valence-electron chi connectivity index (χ0n) is 9.93. The number of aromatic nitrogens is 2. The topological polar surface area (TPSA) is 90.1 Å². The monoisotopic (exact) mass is 264 g/mol. The van der Waals surface area contributed by atoms with Gasteiger partial charge in [0.15, 0.2) is 0 Å². The number of carbonyl (C=O) groups excluding carboxylic acids is 1. The van der Waals surface area contributed by atoms with Crippen LogP contribution >= 0.6 is 11.5 Å². The van der Waals surface area contributed by atoms with Gasteiger partial charge < -0.3 is 10.5 Å². The largest absolute Gasteiger partial charge is 0.497 e. The van der Waals surface area contributed by atoms with Crippen molar-refractivity contribution in [3.63, 3.8) is 0 Å². The van der Waals surface area contributed by atoms with E-state index in [1.165, 1.54) is 7.11 Å². The van der Waals surface area contributed by atoms with E-state index < -0.39 is 0 Å². The molecule has 0 atom stereocenters. The van der Waals surface area contributed by atoms with Gasteiger partial charge in [0.05, 0.1) is 7.11 Å². The number of nitrogens with one attached hydrogen (secondary N) is 1. The number of nitrogen functional groups attached to an aromatic ring is 1. The van der Waals surface area contributed by atoms with Gasteiger partial charge in [0.2, 0.25) is 5.13 Å². The highest BCUT2D eigenvalue weighted by Crippen LogP contribution is 2.20. The molecule has 2 rings (SSSR count). The number of ether oxygens (including phenoxy) is 1. The van der Waals surface area contributed by atoms with Gasteiger partial charge in [-0.25, -0.2) is 4.98 Å². The summed E-state index contributed by atoms with van der Waals surface area (Å²) in [5, 5.41) is 3.11. The first-order valence-electron chi connectivity index (χ1n) is 5.14. The van der Waals surface area contributed by atoms with Crippen molar-refractivity contribution in [3.8, 4) is 5.75 Å². The van der Waals surface area contributed by atoms with Gasteiger partial charge in [-0.05, 0) is 19.1 Å². The van der Waals surface area contributed by atoms with Crippen molar-refractivity contribution >= 4 is 28.3 Å². The fourth-order valence-electron chi connectivity index (χ4n) is 1.39. The Balaban J connectivity index is 2.20. The molecule has 0 unspecified atom stereocenters. The predicted octanol–water partition coefficient (Wildman–Crippen LogP) is 1.69. The van der Waals surface area contributed by atoms with E-state index in [4.69, 9.17) is 10.5 Å². The summed E-state index contributed by atoms with van der Waals surface area (Å²) in [6, 6.07) is 4.83. The fourth-order valence-corrected chi connectivity index (χ4v) is 1.96. The van der Waals surface area contributed by atoms with Crippen LogP contribution in [0.25, 0.3) is 0 Å². The van der Waals surface area contributed by atoms with E-state index in [9.17, 15) is 4.79 Å². The Morgan fingerprint density at radius 1 is 1.44 bits per heavy atom. The van der Waals surface area contributed by atoms with Crippen LogP contribution in [0.5, 0.6) is 5.75 Å². The number of carbonyl (C=O) groups is 1. The summed E-state index contributed by atoms with van der Waals surface area (Å²) in [6.07, 6.45) is 0. The van der Waals surface area contributed by atoms with Gasteiger partial charge >= 0.3 is 0 Å². The van der Waals surface area contributed by atoms with Gasteiger partial charge in [0.25, 0.3) is 5.91 Å². The van der Waals surface area contributed by atoms with Crippen LogP contribution < -0.4 is 15.8 Å². The van der Waals surface area contributed by atoms with Gasteiger partial charge in [-0.15, -0.1) is 0 Å². The first kappa shape index (κ1) is 12.3. The lowest BCUT2D eigenvalue weighted by molar-refractivity contribution is 0.102. The minimum Gasteiger partial charge on any atom is -0.497 e. The lowest BCUT2D eigenvalue weighted by Crippen LogP contribution is -2.12. The molecular weight excluding hydrogens is 252 g/mol. The Morgan fingerprint density at radius 3 is 2.83 bits per heavy atom. The number of rotatable bonds is 3. The molecule has 0 fully saturated rings. The fraction of sp³-hybridized carbons (Fsp3) is 0.182. The Kier molecular flexibility index (Phi) is 3.42. The number of amides is 1. The molecule has 0 spiro atoms. The molecule has 6 nitrogen and oxygen atoms in total. The number of aryl methyl sites for hydroxylation is 1. The third-order valence-electron chi connectivity index (χ3n) is 2.17. The highest BCUT2D eigenvalue weighted by Gasteiger charge is 2.11. The van der Waals surface area contributed by atoms with Gasteiger partial charge in [0, 0.05) is 28.8 Å². The molecule has 1 aromatic carbocycles. The van der Waals surface area contributed by atoms with Gasteiger partial charge in [-0.1, -0.05) is 0 Å². The van der Waals surface area contributed by atoms with Gasteiger partial charge in [0.1, 0.15) is 11.6 Å². The van der Waals surface area contributed by atoms with E-state index in [1.807, 2.05) is 0 Å². The number of nitrogens with two attached hydrogens (primary N) is 1. The van der Waals surface area contributed by atoms with E-state index in [-0.39, 0.29) is 5.91 Å². The van der Waals surface area contributed by atoms with Crippen molar-refractivity contribution in [1.82, 2.24) is 9.36 Å². The molecule has 94 valence electrons. The number of hydrogen-bond donors (Lipinski definition) is 2. The molecule has 0 radical (unpaired) electrons. The first-order chi connectivity index (χ1) is 8.58. The third-order valence-corrected chi connectivity index (χ3v) is 2.90. The van der Waals surface area contributed by atoms with Crippen molar-refractivity contribution < 1.29 is 9.53 Å². The summed E-state index contributed by atoms with van der Waals surface area (Å²) in [4.78, 5) is 16.0. The maximum Gasteiger partial charge on any atom is 0.257 e. The molecule has 1 heterocycles. The number of anilines is 2. The van der Waals surface area contributed by atoms with E-state index in [2.05, 4.69) is 14.7 Å². The standard InChI is InChI=1S/C11H12N4O2S/c1-6-13-11(18-15-6)14-10(16)7-3-8(12)5-9(4-7)17-2/h3-5H,12H2,1-2H3,(H,13,14,15,16). The molecule has 0 bridgehead atoms. The molecule has 7 heteroatoms. The van der Waals surface area contributed by atoms with Crippen molar-refractivity contribution in [2.75, 3.05) is 18.2 Å². The Labute approximate surface area is 108 Å². The smallest absolute Gasteiger partial charge is 0.257 e. The number of nitrogens with zero attached hydrogens (tertiary/aromatic N) is 2. The Morgan fingerprint density at radius 2 is 2.22 bits per heavy atom. The minimum absolute atomic E-state index is 0.295. The lowest BCUT2D eigenvalue weighted by atomic mass is 10.2. The molecule has 0 saturated carbocycles. The molecule has 0 aliphatic heterocycles. The highest BCUT2D eigenvalue weighted by molar-refractivity contribution is 7.09. The van der Waals surface area contributed by atoms with Crippen LogP contribution in [0.2, 0.25) is 0 Å². The average Bonchev–Trinajstić information content (AvgIpc) is 2.73. The molecule has 3 N–H and O–H groups in total. The van der Waals surface area contributed by atoms with Crippen molar-refractivity contribution in [1.29, 1.82) is 0 Å². The molecule has 1 aromatic heterocycles. The van der Waals surface area contributed by atoms with Crippen LogP contribution in [-0.4, -0.2) is 22.4 Å². The maximum absolute atomic E-state index is 12.0. The quantitative estimate of drug-likeness (QED) is 0.823. The molecule has 0 saturated heterocycles. The van der Waals surface area contributed by atoms with E-state index >= 15 is 0 Å². The van der Waals surface area contributed by atoms with Crippen LogP contribution in [0.15, 0.2) is 18.2 Å². The van der Waals surface area contributed by atoms with Crippen LogP contribution in [0, 0.1) is 6.92 Å². The minimum atomic E-state index is -0.295. The van der Waals surface area contributed by atoms with E-state index in [0.29, 0.717) is 28.0 Å². The maximum atomic E-state index is 12.0. The van der Waals surface area contributed by atoms with Crippen LogP contribution in [-0.2, 0) is 0 Å². The van der Waals surface area contributed by atoms with Gasteiger partial charge in [-0.3, -0.25) is 10.1 Å². The predicted molar refractivity (Wildman–Crippen MR) is 70.0 cm³/mol. The first-order valence-corrected chi connectivity index (χ1v) is 5.92. The van der Waals surface area contributed by atoms with Crippen LogP contribution in [0.3, 0.4) is 0 Å². The molecular formula is C11H12N4O2S. The zero-order chi connectivity index (χ0) is 13.1. The second-order valence-electron chi connectivity index (χ2n) is 3.60. The molecule has 0 aliphatic carbocycles. The summed E-state index contributed by atoms with van der Waals surface area (Å²) in [5.74, 6) is 0.866. The average molecular weight is 264 g/mol. The molecule has 2 aromatic rings. The van der Waals surface area contributed by atoms with E-state index in [0.717, 1.165) is 11.5 Å². The second kappa shape index (κ2) is 5.01. The molecule has 0 aliphatic rings. The van der Waals surface area contributed by atoms with E-state index in [1.54, 1.807) is 25.1 Å². The third kappa shape index (κ3) is 2.75. The summed E-state index contributed by atoms with van der Waals surface area (Å²) in [5.41, 5.74) is 6.57. The Hall–Kier alpha value is -2.15. The molecule has 1 amide bonds. The summed E-state index contributed by atoms with van der Waals surface area (Å²) >= 11 is 1.13. The van der Waals surface area contributed by atoms with Crippen molar-refractivity contribution in [2.24, 2.45) is 0 Å². The zero-order valence-corrected chi connectivity index (χ0v) is 10.7. The summed E-state index contributed by atoms with van der Waals surface area (Å²) in [6.45, 7) is 1.76. The highest BCUT2D eigenvalue weighted by atomic mass is 32.1. The summed E-state index contributed by atoms with van der Waals surface area (Å²) in [7, 11) is 1.52.